The molecule has 3 nitrogen and oxygen atoms in total. The van der Waals surface area contributed by atoms with Crippen molar-refractivity contribution < 1.29 is 9.90 Å². The van der Waals surface area contributed by atoms with Crippen molar-refractivity contribution in [3.63, 3.8) is 0 Å². The first-order valence-corrected chi connectivity index (χ1v) is 7.23. The number of carboxylic acids is 1. The van der Waals surface area contributed by atoms with Crippen LogP contribution in [0.15, 0.2) is 48.5 Å². The van der Waals surface area contributed by atoms with Gasteiger partial charge < -0.3 is 5.11 Å². The maximum absolute atomic E-state index is 10.8. The van der Waals surface area contributed by atoms with Crippen LogP contribution >= 0.6 is 0 Å². The minimum absolute atomic E-state index is 0.190. The van der Waals surface area contributed by atoms with E-state index in [-0.39, 0.29) is 5.92 Å². The largest absolute Gasteiger partial charge is 0.481 e. The Labute approximate surface area is 124 Å². The van der Waals surface area contributed by atoms with Crippen molar-refractivity contribution in [3.8, 4) is 11.1 Å². The predicted molar refractivity (Wildman–Crippen MR) is 83.0 cm³/mol. The third-order valence-corrected chi connectivity index (χ3v) is 4.02. The van der Waals surface area contributed by atoms with Gasteiger partial charge in [0, 0.05) is 19.6 Å². The van der Waals surface area contributed by atoms with E-state index < -0.39 is 5.97 Å². The lowest BCUT2D eigenvalue weighted by Crippen LogP contribution is -2.49. The molecular weight excluding hydrogens is 262 g/mol. The maximum Gasteiger partial charge on any atom is 0.309 e. The molecule has 1 aliphatic rings. The molecule has 21 heavy (non-hydrogen) atoms. The van der Waals surface area contributed by atoms with Gasteiger partial charge in [-0.05, 0) is 29.7 Å². The zero-order valence-corrected chi connectivity index (χ0v) is 12.1. The normalized spacial score (nSPS) is 15.7. The van der Waals surface area contributed by atoms with Gasteiger partial charge in [-0.2, -0.15) is 0 Å². The Hall–Kier alpha value is -2.13. The van der Waals surface area contributed by atoms with Crippen LogP contribution in [0.1, 0.15) is 11.1 Å². The molecule has 108 valence electrons. The summed E-state index contributed by atoms with van der Waals surface area (Å²) < 4.78 is 0. The number of hydrogen-bond donors (Lipinski definition) is 1. The Kier molecular flexibility index (Phi) is 3.76. The summed E-state index contributed by atoms with van der Waals surface area (Å²) in [5.74, 6) is -0.870. The van der Waals surface area contributed by atoms with Gasteiger partial charge in [0.2, 0.25) is 0 Å². The van der Waals surface area contributed by atoms with Gasteiger partial charge in [0.1, 0.15) is 0 Å². The summed E-state index contributed by atoms with van der Waals surface area (Å²) >= 11 is 0. The number of carbonyl (C=O) groups is 1. The number of nitrogens with zero attached hydrogens (tertiary/aromatic N) is 1. The van der Waals surface area contributed by atoms with Gasteiger partial charge >= 0.3 is 5.97 Å². The second-order valence-corrected chi connectivity index (χ2v) is 5.80. The summed E-state index contributed by atoms with van der Waals surface area (Å²) in [7, 11) is 0. The monoisotopic (exact) mass is 281 g/mol. The molecule has 1 saturated heterocycles. The Balaban J connectivity index is 1.69. The lowest BCUT2D eigenvalue weighted by molar-refractivity contribution is -0.147. The molecule has 0 saturated carbocycles. The zero-order chi connectivity index (χ0) is 14.8. The highest BCUT2D eigenvalue weighted by Gasteiger charge is 2.32. The van der Waals surface area contributed by atoms with Crippen LogP contribution in [0.3, 0.4) is 0 Å². The Bertz CT molecular complexity index is 643. The fraction of sp³-hybridized carbons (Fsp3) is 0.278. The molecule has 0 unspecified atom stereocenters. The van der Waals surface area contributed by atoms with Gasteiger partial charge in [-0.1, -0.05) is 48.0 Å². The third-order valence-electron chi connectivity index (χ3n) is 4.02. The van der Waals surface area contributed by atoms with Crippen molar-refractivity contribution in [2.45, 2.75) is 13.5 Å². The van der Waals surface area contributed by atoms with E-state index in [0.717, 1.165) is 6.54 Å². The molecule has 2 aromatic rings. The van der Waals surface area contributed by atoms with Crippen LogP contribution in [0.2, 0.25) is 0 Å². The number of likely N-dealkylation sites (tertiary alicyclic amines) is 1. The standard InChI is InChI=1S/C18H19NO2/c1-13-5-7-15(8-6-13)16-4-2-3-14(9-16)10-19-11-17(12-19)18(20)21/h2-9,17H,10-12H2,1H3,(H,20,21). The summed E-state index contributed by atoms with van der Waals surface area (Å²) in [6, 6.07) is 17.0. The SMILES string of the molecule is Cc1ccc(-c2cccc(CN3CC(C(=O)O)C3)c2)cc1. The average molecular weight is 281 g/mol. The Morgan fingerprint density at radius 1 is 1.14 bits per heavy atom. The summed E-state index contributed by atoms with van der Waals surface area (Å²) in [5.41, 5.74) is 4.92. The zero-order valence-electron chi connectivity index (χ0n) is 12.1. The van der Waals surface area contributed by atoms with E-state index in [4.69, 9.17) is 5.11 Å². The third kappa shape index (κ3) is 3.14. The van der Waals surface area contributed by atoms with E-state index >= 15 is 0 Å². The smallest absolute Gasteiger partial charge is 0.309 e. The molecule has 3 rings (SSSR count). The molecule has 0 amide bonds. The number of carboxylic acid groups (broad SMARTS) is 1. The van der Waals surface area contributed by atoms with Gasteiger partial charge in [0.15, 0.2) is 0 Å². The average Bonchev–Trinajstić information content (AvgIpc) is 2.43. The lowest BCUT2D eigenvalue weighted by atomic mass is 9.98. The van der Waals surface area contributed by atoms with E-state index in [1.54, 1.807) is 0 Å². The highest BCUT2D eigenvalue weighted by atomic mass is 16.4. The second kappa shape index (κ2) is 5.70. The number of aliphatic carboxylic acids is 1. The fourth-order valence-corrected chi connectivity index (χ4v) is 2.71. The first-order valence-electron chi connectivity index (χ1n) is 7.23. The second-order valence-electron chi connectivity index (χ2n) is 5.80. The molecule has 2 aromatic carbocycles. The minimum Gasteiger partial charge on any atom is -0.481 e. The van der Waals surface area contributed by atoms with E-state index in [9.17, 15) is 4.79 Å². The molecular formula is C18H19NO2. The van der Waals surface area contributed by atoms with Crippen LogP contribution in [-0.2, 0) is 11.3 Å². The van der Waals surface area contributed by atoms with Crippen LogP contribution < -0.4 is 0 Å². The fourth-order valence-electron chi connectivity index (χ4n) is 2.71. The maximum atomic E-state index is 10.8. The van der Waals surface area contributed by atoms with Crippen molar-refractivity contribution >= 4 is 5.97 Å². The van der Waals surface area contributed by atoms with Crippen LogP contribution in [0.4, 0.5) is 0 Å². The molecule has 0 bridgehead atoms. The van der Waals surface area contributed by atoms with Crippen molar-refractivity contribution in [2.75, 3.05) is 13.1 Å². The topological polar surface area (TPSA) is 40.5 Å². The molecule has 0 radical (unpaired) electrons. The Morgan fingerprint density at radius 2 is 1.86 bits per heavy atom. The summed E-state index contributed by atoms with van der Waals surface area (Å²) in [6.45, 7) is 4.22. The van der Waals surface area contributed by atoms with Crippen LogP contribution in [0, 0.1) is 12.8 Å². The predicted octanol–water partition coefficient (Wildman–Crippen LogP) is 3.18. The molecule has 0 spiro atoms. The lowest BCUT2D eigenvalue weighted by Gasteiger charge is -2.36. The molecule has 3 heteroatoms. The summed E-state index contributed by atoms with van der Waals surface area (Å²) in [4.78, 5) is 13.0. The Morgan fingerprint density at radius 3 is 2.52 bits per heavy atom. The van der Waals surface area contributed by atoms with E-state index in [2.05, 4.69) is 60.4 Å². The highest BCUT2D eigenvalue weighted by Crippen LogP contribution is 2.23. The first-order chi connectivity index (χ1) is 10.1. The van der Waals surface area contributed by atoms with Crippen molar-refractivity contribution in [1.82, 2.24) is 4.90 Å². The van der Waals surface area contributed by atoms with Gasteiger partial charge in [0.25, 0.3) is 0 Å². The van der Waals surface area contributed by atoms with Crippen molar-refractivity contribution in [2.24, 2.45) is 5.92 Å². The quantitative estimate of drug-likeness (QED) is 0.935. The molecule has 1 aliphatic heterocycles. The highest BCUT2D eigenvalue weighted by molar-refractivity contribution is 5.71. The molecule has 0 aliphatic carbocycles. The molecule has 1 N–H and O–H groups in total. The first kappa shape index (κ1) is 13.8. The number of hydrogen-bond acceptors (Lipinski definition) is 2. The van der Waals surface area contributed by atoms with Crippen LogP contribution in [0.25, 0.3) is 11.1 Å². The molecule has 0 aromatic heterocycles. The number of rotatable bonds is 4. The molecule has 0 atom stereocenters. The van der Waals surface area contributed by atoms with E-state index in [1.165, 1.54) is 22.3 Å². The summed E-state index contributed by atoms with van der Waals surface area (Å²) in [5, 5.41) is 8.91. The van der Waals surface area contributed by atoms with Gasteiger partial charge in [-0.25, -0.2) is 0 Å². The van der Waals surface area contributed by atoms with E-state index in [1.807, 2.05) is 0 Å². The minimum atomic E-state index is -0.681. The molecule has 1 heterocycles. The summed E-state index contributed by atoms with van der Waals surface area (Å²) in [6.07, 6.45) is 0. The van der Waals surface area contributed by atoms with Crippen LogP contribution in [0.5, 0.6) is 0 Å². The van der Waals surface area contributed by atoms with E-state index in [0.29, 0.717) is 13.1 Å². The van der Waals surface area contributed by atoms with Gasteiger partial charge in [0.05, 0.1) is 5.92 Å². The van der Waals surface area contributed by atoms with Crippen molar-refractivity contribution in [3.05, 3.63) is 59.7 Å². The number of benzene rings is 2. The van der Waals surface area contributed by atoms with Crippen LogP contribution in [-0.4, -0.2) is 29.1 Å². The number of aryl methyl sites for hydroxylation is 1. The van der Waals surface area contributed by atoms with Gasteiger partial charge in [-0.3, -0.25) is 9.69 Å². The van der Waals surface area contributed by atoms with Gasteiger partial charge in [-0.15, -0.1) is 0 Å². The van der Waals surface area contributed by atoms with Crippen molar-refractivity contribution in [1.29, 1.82) is 0 Å². The molecule has 1 fully saturated rings.